The summed E-state index contributed by atoms with van der Waals surface area (Å²) in [7, 11) is 0. The van der Waals surface area contributed by atoms with Gasteiger partial charge in [-0.25, -0.2) is 0 Å². The molecule has 2 heterocycles. The maximum atomic E-state index is 12.3. The second kappa shape index (κ2) is 7.73. The van der Waals surface area contributed by atoms with Gasteiger partial charge in [0.25, 0.3) is 5.91 Å². The molecule has 0 spiro atoms. The van der Waals surface area contributed by atoms with Crippen LogP contribution in [-0.4, -0.2) is 41.6 Å². The molecule has 0 aliphatic carbocycles. The van der Waals surface area contributed by atoms with Crippen LogP contribution in [0.2, 0.25) is 10.0 Å². The van der Waals surface area contributed by atoms with Crippen LogP contribution in [0.3, 0.4) is 0 Å². The molecule has 126 valence electrons. The zero-order chi connectivity index (χ0) is 16.9. The first kappa shape index (κ1) is 16.9. The van der Waals surface area contributed by atoms with Crippen molar-refractivity contribution in [3.63, 3.8) is 0 Å². The molecule has 0 bridgehead atoms. The van der Waals surface area contributed by atoms with Crippen LogP contribution < -0.4 is 9.47 Å². The van der Waals surface area contributed by atoms with Crippen molar-refractivity contribution in [2.24, 2.45) is 0 Å². The van der Waals surface area contributed by atoms with Gasteiger partial charge < -0.3 is 14.4 Å². The Morgan fingerprint density at radius 2 is 2.04 bits per heavy atom. The van der Waals surface area contributed by atoms with E-state index in [1.54, 1.807) is 47.6 Å². The molecular weight excluding hydrogens is 351 g/mol. The van der Waals surface area contributed by atoms with E-state index in [-0.39, 0.29) is 18.6 Å². The minimum atomic E-state index is -0.0955. The number of ether oxygens (including phenoxy) is 2. The summed E-state index contributed by atoms with van der Waals surface area (Å²) in [5.74, 6) is 1.11. The van der Waals surface area contributed by atoms with Gasteiger partial charge in [0, 0.05) is 30.4 Å². The van der Waals surface area contributed by atoms with Crippen LogP contribution in [0.1, 0.15) is 6.42 Å². The lowest BCUT2D eigenvalue weighted by molar-refractivity contribution is -0.132. The molecule has 5 nitrogen and oxygen atoms in total. The van der Waals surface area contributed by atoms with Crippen LogP contribution in [-0.2, 0) is 4.79 Å². The maximum Gasteiger partial charge on any atom is 0.260 e. The van der Waals surface area contributed by atoms with Gasteiger partial charge in [-0.05, 0) is 30.3 Å². The van der Waals surface area contributed by atoms with Crippen LogP contribution in [0.25, 0.3) is 0 Å². The summed E-state index contributed by atoms with van der Waals surface area (Å²) < 4.78 is 11.3. The molecule has 24 heavy (non-hydrogen) atoms. The highest BCUT2D eigenvalue weighted by Crippen LogP contribution is 2.27. The summed E-state index contributed by atoms with van der Waals surface area (Å²) in [6.07, 6.45) is 4.12. The molecule has 0 saturated carbocycles. The number of nitrogens with zero attached hydrogens (tertiary/aromatic N) is 2. The molecular formula is C17H16Cl2N2O3. The standard InChI is InChI=1S/C17H16Cl2N2O3/c18-12-1-2-16(15(19)9-12)23-11-17(22)21-8-5-14(10-21)24-13-3-6-20-7-4-13/h1-4,6-7,9,14H,5,8,10-11H2. The highest BCUT2D eigenvalue weighted by molar-refractivity contribution is 6.35. The van der Waals surface area contributed by atoms with Crippen LogP contribution in [0.15, 0.2) is 42.7 Å². The van der Waals surface area contributed by atoms with E-state index in [2.05, 4.69) is 4.98 Å². The van der Waals surface area contributed by atoms with Gasteiger partial charge in [-0.3, -0.25) is 9.78 Å². The van der Waals surface area contributed by atoms with Crippen molar-refractivity contribution in [1.29, 1.82) is 0 Å². The highest BCUT2D eigenvalue weighted by Gasteiger charge is 2.27. The smallest absolute Gasteiger partial charge is 0.260 e. The van der Waals surface area contributed by atoms with Crippen LogP contribution in [0, 0.1) is 0 Å². The first-order chi connectivity index (χ1) is 11.6. The average Bonchev–Trinajstić information content (AvgIpc) is 3.03. The summed E-state index contributed by atoms with van der Waals surface area (Å²) in [5.41, 5.74) is 0. The summed E-state index contributed by atoms with van der Waals surface area (Å²) >= 11 is 11.9. The molecule has 1 saturated heterocycles. The predicted molar refractivity (Wildman–Crippen MR) is 91.8 cm³/mol. The van der Waals surface area contributed by atoms with Crippen molar-refractivity contribution < 1.29 is 14.3 Å². The second-order valence-electron chi connectivity index (χ2n) is 5.41. The van der Waals surface area contributed by atoms with Crippen molar-refractivity contribution in [1.82, 2.24) is 9.88 Å². The van der Waals surface area contributed by atoms with Crippen molar-refractivity contribution in [3.8, 4) is 11.5 Å². The third-order valence-electron chi connectivity index (χ3n) is 3.70. The van der Waals surface area contributed by atoms with Gasteiger partial charge in [0.1, 0.15) is 17.6 Å². The van der Waals surface area contributed by atoms with E-state index in [1.807, 2.05) is 0 Å². The van der Waals surface area contributed by atoms with Gasteiger partial charge in [-0.15, -0.1) is 0 Å². The maximum absolute atomic E-state index is 12.3. The largest absolute Gasteiger partial charge is 0.488 e. The van der Waals surface area contributed by atoms with E-state index in [0.29, 0.717) is 28.9 Å². The Morgan fingerprint density at radius 3 is 2.79 bits per heavy atom. The molecule has 3 rings (SSSR count). The van der Waals surface area contributed by atoms with Crippen molar-refractivity contribution in [2.45, 2.75) is 12.5 Å². The number of carbonyl (C=O) groups is 1. The van der Waals surface area contributed by atoms with Gasteiger partial charge in [0.05, 0.1) is 11.6 Å². The van der Waals surface area contributed by atoms with E-state index in [1.165, 1.54) is 0 Å². The third kappa shape index (κ3) is 4.30. The minimum Gasteiger partial charge on any atom is -0.488 e. The van der Waals surface area contributed by atoms with Crippen LogP contribution in [0.4, 0.5) is 0 Å². The molecule has 1 atom stereocenters. The number of carbonyl (C=O) groups excluding carboxylic acids is 1. The summed E-state index contributed by atoms with van der Waals surface area (Å²) in [5, 5.41) is 0.907. The number of hydrogen-bond donors (Lipinski definition) is 0. The number of amides is 1. The lowest BCUT2D eigenvalue weighted by Gasteiger charge is -2.17. The fourth-order valence-corrected chi connectivity index (χ4v) is 2.95. The first-order valence-corrected chi connectivity index (χ1v) is 8.30. The molecule has 0 radical (unpaired) electrons. The second-order valence-corrected chi connectivity index (χ2v) is 6.26. The summed E-state index contributed by atoms with van der Waals surface area (Å²) in [4.78, 5) is 17.9. The molecule has 1 aliphatic heterocycles. The Morgan fingerprint density at radius 1 is 1.25 bits per heavy atom. The number of hydrogen-bond acceptors (Lipinski definition) is 4. The van der Waals surface area contributed by atoms with Gasteiger partial charge in [-0.1, -0.05) is 23.2 Å². The average molecular weight is 367 g/mol. The number of likely N-dealkylation sites (tertiary alicyclic amines) is 1. The fourth-order valence-electron chi connectivity index (χ4n) is 2.48. The zero-order valence-corrected chi connectivity index (χ0v) is 14.3. The van der Waals surface area contributed by atoms with Crippen molar-refractivity contribution in [3.05, 3.63) is 52.8 Å². The molecule has 1 unspecified atom stereocenters. The fraction of sp³-hybridized carbons (Fsp3) is 0.294. The molecule has 7 heteroatoms. The molecule has 1 amide bonds. The number of benzene rings is 1. The quantitative estimate of drug-likeness (QED) is 0.812. The van der Waals surface area contributed by atoms with E-state index < -0.39 is 0 Å². The molecule has 1 aromatic heterocycles. The Bertz CT molecular complexity index is 712. The Balaban J connectivity index is 1.49. The minimum absolute atomic E-state index is 0.0181. The summed E-state index contributed by atoms with van der Waals surface area (Å²) in [6, 6.07) is 8.50. The van der Waals surface area contributed by atoms with Crippen LogP contribution in [0.5, 0.6) is 11.5 Å². The Labute approximate surface area is 150 Å². The Kier molecular flexibility index (Phi) is 5.43. The number of halogens is 2. The molecule has 1 fully saturated rings. The molecule has 2 aromatic rings. The summed E-state index contributed by atoms with van der Waals surface area (Å²) in [6.45, 7) is 1.12. The van der Waals surface area contributed by atoms with E-state index >= 15 is 0 Å². The van der Waals surface area contributed by atoms with Gasteiger partial charge in [0.2, 0.25) is 0 Å². The Hall–Kier alpha value is -1.98. The lowest BCUT2D eigenvalue weighted by Crippen LogP contribution is -2.34. The first-order valence-electron chi connectivity index (χ1n) is 7.54. The van der Waals surface area contributed by atoms with Gasteiger partial charge >= 0.3 is 0 Å². The zero-order valence-electron chi connectivity index (χ0n) is 12.8. The number of rotatable bonds is 5. The number of aromatic nitrogens is 1. The SMILES string of the molecule is O=C(COc1ccc(Cl)cc1Cl)N1CCC(Oc2ccncc2)C1. The normalized spacial score (nSPS) is 16.9. The number of pyridine rings is 1. The third-order valence-corrected chi connectivity index (χ3v) is 4.23. The van der Waals surface area contributed by atoms with Crippen molar-refractivity contribution in [2.75, 3.05) is 19.7 Å². The molecule has 1 aromatic carbocycles. The van der Waals surface area contributed by atoms with E-state index in [4.69, 9.17) is 32.7 Å². The van der Waals surface area contributed by atoms with Crippen molar-refractivity contribution >= 4 is 29.1 Å². The molecule has 1 aliphatic rings. The topological polar surface area (TPSA) is 51.7 Å². The van der Waals surface area contributed by atoms with Gasteiger partial charge in [-0.2, -0.15) is 0 Å². The predicted octanol–water partition coefficient (Wildman–Crippen LogP) is 3.45. The van der Waals surface area contributed by atoms with Crippen LogP contribution >= 0.6 is 23.2 Å². The monoisotopic (exact) mass is 366 g/mol. The highest BCUT2D eigenvalue weighted by atomic mass is 35.5. The van der Waals surface area contributed by atoms with E-state index in [0.717, 1.165) is 12.2 Å². The van der Waals surface area contributed by atoms with Gasteiger partial charge in [0.15, 0.2) is 6.61 Å². The van der Waals surface area contributed by atoms with E-state index in [9.17, 15) is 4.79 Å². The molecule has 0 N–H and O–H groups in total. The lowest BCUT2D eigenvalue weighted by atomic mass is 10.3.